The second-order valence-corrected chi connectivity index (χ2v) is 3.17. The fourth-order valence-electron chi connectivity index (χ4n) is 1.34. The number of benzene rings is 1. The van der Waals surface area contributed by atoms with Gasteiger partial charge in [-0.2, -0.15) is 0 Å². The van der Waals surface area contributed by atoms with Gasteiger partial charge in [0, 0.05) is 6.07 Å². The maximum absolute atomic E-state index is 13.2. The van der Waals surface area contributed by atoms with Crippen LogP contribution in [0.25, 0.3) is 0 Å². The molecule has 1 aromatic rings. The average Bonchev–Trinajstić information content (AvgIpc) is 2.08. The molecule has 0 aromatic heterocycles. The lowest BCUT2D eigenvalue weighted by Crippen LogP contribution is -2.36. The third-order valence-electron chi connectivity index (χ3n) is 2.07. The molecule has 74 valence electrons. The monoisotopic (exact) mass is 198 g/mol. The number of amides is 1. The highest BCUT2D eigenvalue weighted by Gasteiger charge is 2.24. The molecule has 0 spiro atoms. The normalized spacial score (nSPS) is 19.6. The highest BCUT2D eigenvalue weighted by Crippen LogP contribution is 2.30. The van der Waals surface area contributed by atoms with Gasteiger partial charge < -0.3 is 10.6 Å². The number of fused-ring (bicyclic) bond motifs is 1. The summed E-state index contributed by atoms with van der Waals surface area (Å²) in [5, 5.41) is 5.06. The van der Waals surface area contributed by atoms with Crippen molar-refractivity contribution in [3.8, 4) is 0 Å². The summed E-state index contributed by atoms with van der Waals surface area (Å²) in [5.41, 5.74) is 0.282. The first-order chi connectivity index (χ1) is 6.58. The molecule has 1 unspecified atom stereocenters. The van der Waals surface area contributed by atoms with Crippen LogP contribution < -0.4 is 10.6 Å². The first-order valence-corrected chi connectivity index (χ1v) is 4.14. The molecule has 2 N–H and O–H groups in total. The molecule has 0 radical (unpaired) electrons. The quantitative estimate of drug-likeness (QED) is 0.666. The Morgan fingerprint density at radius 3 is 2.79 bits per heavy atom. The zero-order valence-corrected chi connectivity index (χ0v) is 7.40. The van der Waals surface area contributed by atoms with Crippen LogP contribution in [-0.2, 0) is 4.79 Å². The molecular weight excluding hydrogens is 190 g/mol. The molecule has 0 bridgehead atoms. The van der Waals surface area contributed by atoms with Crippen LogP contribution >= 0.6 is 0 Å². The van der Waals surface area contributed by atoms with Crippen molar-refractivity contribution in [3.05, 3.63) is 23.8 Å². The molecule has 2 rings (SSSR count). The third kappa shape index (κ3) is 1.30. The predicted molar refractivity (Wildman–Crippen MR) is 48.1 cm³/mol. The van der Waals surface area contributed by atoms with E-state index < -0.39 is 17.7 Å². The minimum Gasteiger partial charge on any atom is -0.370 e. The number of anilines is 2. The summed E-state index contributed by atoms with van der Waals surface area (Å²) < 4.78 is 25.9. The fourth-order valence-corrected chi connectivity index (χ4v) is 1.34. The van der Waals surface area contributed by atoms with E-state index in [1.54, 1.807) is 6.92 Å². The molecule has 0 saturated heterocycles. The lowest BCUT2D eigenvalue weighted by molar-refractivity contribution is -0.116. The minimum absolute atomic E-state index is 0.138. The maximum Gasteiger partial charge on any atom is 0.246 e. The number of halogens is 2. The summed E-state index contributed by atoms with van der Waals surface area (Å²) in [4.78, 5) is 11.2. The summed E-state index contributed by atoms with van der Waals surface area (Å²) in [7, 11) is 0. The van der Waals surface area contributed by atoms with Gasteiger partial charge in [-0.1, -0.05) is 0 Å². The Kier molecular flexibility index (Phi) is 1.87. The summed E-state index contributed by atoms with van der Waals surface area (Å²) in [6.07, 6.45) is 0. The van der Waals surface area contributed by atoms with Crippen molar-refractivity contribution in [3.63, 3.8) is 0 Å². The van der Waals surface area contributed by atoms with E-state index in [9.17, 15) is 13.6 Å². The Labute approximate surface area is 79.1 Å². The zero-order chi connectivity index (χ0) is 10.3. The van der Waals surface area contributed by atoms with E-state index in [-0.39, 0.29) is 17.3 Å². The van der Waals surface area contributed by atoms with Crippen molar-refractivity contribution in [1.29, 1.82) is 0 Å². The molecule has 1 aliphatic heterocycles. The SMILES string of the molecule is CC1Nc2c(F)cc(F)cc2NC1=O. The second kappa shape index (κ2) is 2.94. The number of rotatable bonds is 0. The molecule has 1 aliphatic rings. The Morgan fingerprint density at radius 1 is 1.36 bits per heavy atom. The van der Waals surface area contributed by atoms with Gasteiger partial charge in [-0.25, -0.2) is 8.78 Å². The lowest BCUT2D eigenvalue weighted by Gasteiger charge is -2.24. The maximum atomic E-state index is 13.2. The predicted octanol–water partition coefficient (Wildman–Crippen LogP) is 1.72. The van der Waals surface area contributed by atoms with Gasteiger partial charge in [0.1, 0.15) is 11.9 Å². The highest BCUT2D eigenvalue weighted by molar-refractivity contribution is 6.02. The molecule has 0 aliphatic carbocycles. The Bertz CT molecular complexity index is 406. The summed E-state index contributed by atoms with van der Waals surface area (Å²) >= 11 is 0. The summed E-state index contributed by atoms with van der Waals surface area (Å²) in [6.45, 7) is 1.60. The lowest BCUT2D eigenvalue weighted by atomic mass is 10.1. The first-order valence-electron chi connectivity index (χ1n) is 4.14. The summed E-state index contributed by atoms with van der Waals surface area (Å²) in [5.74, 6) is -1.72. The van der Waals surface area contributed by atoms with Crippen LogP contribution in [0.4, 0.5) is 20.2 Å². The van der Waals surface area contributed by atoms with E-state index in [1.165, 1.54) is 0 Å². The van der Waals surface area contributed by atoms with Crippen LogP contribution in [-0.4, -0.2) is 11.9 Å². The molecule has 1 aromatic carbocycles. The molecule has 1 atom stereocenters. The van der Waals surface area contributed by atoms with E-state index >= 15 is 0 Å². The number of hydrogen-bond donors (Lipinski definition) is 2. The van der Waals surface area contributed by atoms with E-state index in [4.69, 9.17) is 0 Å². The average molecular weight is 198 g/mol. The second-order valence-electron chi connectivity index (χ2n) is 3.17. The number of hydrogen-bond acceptors (Lipinski definition) is 2. The van der Waals surface area contributed by atoms with Gasteiger partial charge in [-0.3, -0.25) is 4.79 Å². The Morgan fingerprint density at radius 2 is 2.07 bits per heavy atom. The fraction of sp³-hybridized carbons (Fsp3) is 0.222. The van der Waals surface area contributed by atoms with E-state index in [0.29, 0.717) is 0 Å². The van der Waals surface area contributed by atoms with Gasteiger partial charge in [-0.15, -0.1) is 0 Å². The Balaban J connectivity index is 2.51. The molecule has 0 saturated carbocycles. The molecule has 0 fully saturated rings. The largest absolute Gasteiger partial charge is 0.370 e. The third-order valence-corrected chi connectivity index (χ3v) is 2.07. The minimum atomic E-state index is -0.710. The zero-order valence-electron chi connectivity index (χ0n) is 7.40. The molecular formula is C9H8F2N2O. The van der Waals surface area contributed by atoms with Crippen LogP contribution in [0.2, 0.25) is 0 Å². The van der Waals surface area contributed by atoms with Gasteiger partial charge in [0.05, 0.1) is 11.4 Å². The van der Waals surface area contributed by atoms with Gasteiger partial charge in [-0.05, 0) is 13.0 Å². The first kappa shape index (κ1) is 8.93. The summed E-state index contributed by atoms with van der Waals surface area (Å²) in [6, 6.07) is 1.34. The highest BCUT2D eigenvalue weighted by atomic mass is 19.1. The van der Waals surface area contributed by atoms with Crippen LogP contribution in [0.1, 0.15) is 6.92 Å². The van der Waals surface area contributed by atoms with Crippen LogP contribution in [0.3, 0.4) is 0 Å². The van der Waals surface area contributed by atoms with E-state index in [0.717, 1.165) is 12.1 Å². The van der Waals surface area contributed by atoms with Gasteiger partial charge in [0.15, 0.2) is 5.82 Å². The smallest absolute Gasteiger partial charge is 0.246 e. The van der Waals surface area contributed by atoms with Crippen molar-refractivity contribution in [2.45, 2.75) is 13.0 Å². The molecule has 5 heteroatoms. The van der Waals surface area contributed by atoms with E-state index in [1.807, 2.05) is 0 Å². The van der Waals surface area contributed by atoms with Crippen molar-refractivity contribution in [2.24, 2.45) is 0 Å². The van der Waals surface area contributed by atoms with Crippen molar-refractivity contribution in [2.75, 3.05) is 10.6 Å². The molecule has 14 heavy (non-hydrogen) atoms. The van der Waals surface area contributed by atoms with Gasteiger partial charge in [0.2, 0.25) is 5.91 Å². The standard InChI is InChI=1S/C9H8F2N2O/c1-4-9(14)13-7-3-5(10)2-6(11)8(7)12-4/h2-4,12H,1H3,(H,13,14). The molecule has 3 nitrogen and oxygen atoms in total. The van der Waals surface area contributed by atoms with Gasteiger partial charge >= 0.3 is 0 Å². The molecule has 1 amide bonds. The van der Waals surface area contributed by atoms with Crippen LogP contribution in [0.5, 0.6) is 0 Å². The number of nitrogens with one attached hydrogen (secondary N) is 2. The van der Waals surface area contributed by atoms with Crippen LogP contribution in [0, 0.1) is 11.6 Å². The van der Waals surface area contributed by atoms with Crippen molar-refractivity contribution >= 4 is 17.3 Å². The van der Waals surface area contributed by atoms with Gasteiger partial charge in [0.25, 0.3) is 0 Å². The number of carbonyl (C=O) groups excluding carboxylic acids is 1. The molecule has 1 heterocycles. The van der Waals surface area contributed by atoms with Crippen molar-refractivity contribution in [1.82, 2.24) is 0 Å². The van der Waals surface area contributed by atoms with E-state index in [2.05, 4.69) is 10.6 Å². The van der Waals surface area contributed by atoms with Crippen molar-refractivity contribution < 1.29 is 13.6 Å². The Hall–Kier alpha value is -1.65. The number of carbonyl (C=O) groups is 1. The van der Waals surface area contributed by atoms with Crippen LogP contribution in [0.15, 0.2) is 12.1 Å². The topological polar surface area (TPSA) is 41.1 Å².